The molecule has 7 nitrogen and oxygen atoms in total. The van der Waals surface area contributed by atoms with Gasteiger partial charge >= 0.3 is 0 Å². The summed E-state index contributed by atoms with van der Waals surface area (Å²) < 4.78 is 1.44. The van der Waals surface area contributed by atoms with Gasteiger partial charge < -0.3 is 10.6 Å². The van der Waals surface area contributed by atoms with Crippen LogP contribution in [0, 0.1) is 0 Å². The van der Waals surface area contributed by atoms with E-state index in [-0.39, 0.29) is 36.2 Å². The van der Waals surface area contributed by atoms with Crippen molar-refractivity contribution in [3.8, 4) is 0 Å². The van der Waals surface area contributed by atoms with Crippen molar-refractivity contribution < 1.29 is 9.59 Å². The summed E-state index contributed by atoms with van der Waals surface area (Å²) >= 11 is 7.09. The predicted molar refractivity (Wildman–Crippen MR) is 108 cm³/mol. The van der Waals surface area contributed by atoms with Gasteiger partial charge in [0.2, 0.25) is 11.8 Å². The highest BCUT2D eigenvalue weighted by molar-refractivity contribution is 7.99. The number of carbonyl (C=O) groups excluding carboxylic acids is 2. The van der Waals surface area contributed by atoms with E-state index in [9.17, 15) is 14.4 Å². The molecule has 0 aliphatic heterocycles. The summed E-state index contributed by atoms with van der Waals surface area (Å²) in [6, 6.07) is 4.89. The number of benzene rings is 1. The Kier molecular flexibility index (Phi) is 7.87. The molecule has 1 aromatic carbocycles. The fourth-order valence-electron chi connectivity index (χ4n) is 2.26. The van der Waals surface area contributed by atoms with E-state index in [1.807, 2.05) is 6.92 Å². The Labute approximate surface area is 166 Å². The zero-order valence-electron chi connectivity index (χ0n) is 15.0. The monoisotopic (exact) mass is 408 g/mol. The number of hydrogen-bond donors (Lipinski definition) is 2. The largest absolute Gasteiger partial charge is 0.355 e. The van der Waals surface area contributed by atoms with Crippen LogP contribution in [0.5, 0.6) is 0 Å². The molecule has 0 fully saturated rings. The van der Waals surface area contributed by atoms with Crippen LogP contribution in [-0.4, -0.2) is 40.2 Å². The second kappa shape index (κ2) is 10.1. The molecule has 0 aliphatic rings. The number of thioether (sulfide) groups is 1. The van der Waals surface area contributed by atoms with Crippen LogP contribution in [0.15, 0.2) is 40.8 Å². The van der Waals surface area contributed by atoms with E-state index in [1.54, 1.807) is 24.3 Å². The van der Waals surface area contributed by atoms with E-state index in [0.29, 0.717) is 27.6 Å². The molecular weight excluding hydrogens is 388 g/mol. The summed E-state index contributed by atoms with van der Waals surface area (Å²) in [5, 5.41) is 6.49. The minimum absolute atomic E-state index is 0.0315. The molecule has 0 aliphatic carbocycles. The van der Waals surface area contributed by atoms with Crippen LogP contribution in [0.3, 0.4) is 0 Å². The highest BCUT2D eigenvalue weighted by Crippen LogP contribution is 2.20. The molecule has 1 heterocycles. The van der Waals surface area contributed by atoms with Crippen molar-refractivity contribution in [3.63, 3.8) is 0 Å². The summed E-state index contributed by atoms with van der Waals surface area (Å²) in [4.78, 5) is 40.7. The molecule has 2 N–H and O–H groups in total. The number of rotatable bonds is 9. The van der Waals surface area contributed by atoms with Gasteiger partial charge in [-0.2, -0.15) is 0 Å². The Bertz CT molecular complexity index is 913. The molecule has 0 saturated carbocycles. The van der Waals surface area contributed by atoms with E-state index in [4.69, 9.17) is 11.6 Å². The minimum atomic E-state index is -0.317. The molecule has 1 aromatic heterocycles. The highest BCUT2D eigenvalue weighted by atomic mass is 35.5. The summed E-state index contributed by atoms with van der Waals surface area (Å²) in [6.07, 6.45) is 2.41. The Morgan fingerprint density at radius 3 is 2.81 bits per heavy atom. The lowest BCUT2D eigenvalue weighted by Gasteiger charge is -2.11. The van der Waals surface area contributed by atoms with Gasteiger partial charge in [-0.25, -0.2) is 4.98 Å². The molecule has 2 aromatic rings. The summed E-state index contributed by atoms with van der Waals surface area (Å²) in [5.74, 6) is -0.522. The third kappa shape index (κ3) is 5.83. The average Bonchev–Trinajstić information content (AvgIpc) is 2.66. The molecule has 9 heteroatoms. The number of nitrogens with zero attached hydrogens (tertiary/aromatic N) is 2. The normalized spacial score (nSPS) is 10.6. The summed E-state index contributed by atoms with van der Waals surface area (Å²) in [7, 11) is 0. The lowest BCUT2D eigenvalue weighted by molar-refractivity contribution is -0.124. The van der Waals surface area contributed by atoms with Crippen molar-refractivity contribution in [1.29, 1.82) is 0 Å². The van der Waals surface area contributed by atoms with Crippen LogP contribution in [-0.2, 0) is 16.1 Å². The van der Waals surface area contributed by atoms with Crippen LogP contribution in [0.4, 0.5) is 0 Å². The first-order valence-electron chi connectivity index (χ1n) is 8.43. The SMILES string of the molecule is C=CCn1c(SCC(=O)NCC(=O)NCCC)nc2ccc(Cl)cc2c1=O. The first-order valence-corrected chi connectivity index (χ1v) is 9.79. The number of halogens is 1. The van der Waals surface area contributed by atoms with E-state index in [0.717, 1.165) is 18.2 Å². The molecule has 0 bridgehead atoms. The third-order valence-electron chi connectivity index (χ3n) is 3.54. The van der Waals surface area contributed by atoms with E-state index in [2.05, 4.69) is 22.2 Å². The molecule has 0 atom stereocenters. The maximum Gasteiger partial charge on any atom is 0.262 e. The molecule has 2 amide bonds. The Balaban J connectivity index is 2.11. The van der Waals surface area contributed by atoms with Gasteiger partial charge in [0.05, 0.1) is 23.2 Å². The first kappa shape index (κ1) is 21.0. The van der Waals surface area contributed by atoms with Gasteiger partial charge in [-0.05, 0) is 24.6 Å². The van der Waals surface area contributed by atoms with Gasteiger partial charge in [-0.1, -0.05) is 36.4 Å². The summed E-state index contributed by atoms with van der Waals surface area (Å²) in [5.41, 5.74) is 0.260. The maximum atomic E-state index is 12.7. The van der Waals surface area contributed by atoms with Gasteiger partial charge in [-0.15, -0.1) is 6.58 Å². The average molecular weight is 409 g/mol. The quantitative estimate of drug-likeness (QED) is 0.376. The molecule has 27 heavy (non-hydrogen) atoms. The topological polar surface area (TPSA) is 93.1 Å². The van der Waals surface area contributed by atoms with Gasteiger partial charge in [-0.3, -0.25) is 19.0 Å². The lowest BCUT2D eigenvalue weighted by Crippen LogP contribution is -2.38. The van der Waals surface area contributed by atoms with Crippen LogP contribution < -0.4 is 16.2 Å². The fourth-order valence-corrected chi connectivity index (χ4v) is 3.27. The smallest absolute Gasteiger partial charge is 0.262 e. The van der Waals surface area contributed by atoms with Crippen molar-refractivity contribution in [3.05, 3.63) is 46.2 Å². The van der Waals surface area contributed by atoms with Gasteiger partial charge in [0.1, 0.15) is 0 Å². The molecule has 144 valence electrons. The molecule has 0 radical (unpaired) electrons. The molecule has 0 saturated heterocycles. The lowest BCUT2D eigenvalue weighted by atomic mass is 10.2. The van der Waals surface area contributed by atoms with Crippen molar-refractivity contribution >= 4 is 46.1 Å². The van der Waals surface area contributed by atoms with Crippen LogP contribution >= 0.6 is 23.4 Å². The van der Waals surface area contributed by atoms with Crippen LogP contribution in [0.2, 0.25) is 5.02 Å². The maximum absolute atomic E-state index is 12.7. The molecule has 2 rings (SSSR count). The minimum Gasteiger partial charge on any atom is -0.355 e. The van der Waals surface area contributed by atoms with E-state index < -0.39 is 0 Å². The molecule has 0 spiro atoms. The Morgan fingerprint density at radius 2 is 2.11 bits per heavy atom. The third-order valence-corrected chi connectivity index (χ3v) is 4.75. The highest BCUT2D eigenvalue weighted by Gasteiger charge is 2.13. The summed E-state index contributed by atoms with van der Waals surface area (Å²) in [6.45, 7) is 6.36. The van der Waals surface area contributed by atoms with Gasteiger partial charge in [0.15, 0.2) is 5.16 Å². The van der Waals surface area contributed by atoms with Crippen molar-refractivity contribution in [2.45, 2.75) is 25.0 Å². The van der Waals surface area contributed by atoms with E-state index >= 15 is 0 Å². The van der Waals surface area contributed by atoms with Crippen LogP contribution in [0.1, 0.15) is 13.3 Å². The number of hydrogen-bond acceptors (Lipinski definition) is 5. The first-order chi connectivity index (χ1) is 13.0. The number of nitrogens with one attached hydrogen (secondary N) is 2. The molecular formula is C18H21ClN4O3S. The fraction of sp³-hybridized carbons (Fsp3) is 0.333. The van der Waals surface area contributed by atoms with Gasteiger partial charge in [0.25, 0.3) is 5.56 Å². The Morgan fingerprint density at radius 1 is 1.33 bits per heavy atom. The number of carbonyl (C=O) groups is 2. The molecule has 0 unspecified atom stereocenters. The van der Waals surface area contributed by atoms with E-state index in [1.165, 1.54) is 4.57 Å². The Hall–Kier alpha value is -2.32. The van der Waals surface area contributed by atoms with Crippen molar-refractivity contribution in [1.82, 2.24) is 20.2 Å². The number of fused-ring (bicyclic) bond motifs is 1. The second-order valence-electron chi connectivity index (χ2n) is 5.68. The van der Waals surface area contributed by atoms with Crippen molar-refractivity contribution in [2.75, 3.05) is 18.8 Å². The van der Waals surface area contributed by atoms with Crippen LogP contribution in [0.25, 0.3) is 10.9 Å². The zero-order chi connectivity index (χ0) is 19.8. The van der Waals surface area contributed by atoms with Crippen molar-refractivity contribution in [2.24, 2.45) is 0 Å². The number of amides is 2. The predicted octanol–water partition coefficient (Wildman–Crippen LogP) is 1.97. The van der Waals surface area contributed by atoms with Gasteiger partial charge in [0, 0.05) is 18.1 Å². The second-order valence-corrected chi connectivity index (χ2v) is 7.05. The standard InChI is InChI=1S/C18H21ClN4O3S/c1-3-7-20-15(24)10-21-16(25)11-27-18-22-14-6-5-12(19)9-13(14)17(26)23(18)8-4-2/h4-6,9H,2-3,7-8,10-11H2,1H3,(H,20,24)(H,21,25). The number of aromatic nitrogens is 2. The zero-order valence-corrected chi connectivity index (χ0v) is 16.5. The number of allylic oxidation sites excluding steroid dienone is 1.